The van der Waals surface area contributed by atoms with Crippen molar-refractivity contribution in [2.45, 2.75) is 0 Å². The topological polar surface area (TPSA) is 149 Å². The van der Waals surface area contributed by atoms with Gasteiger partial charge in [0.25, 0.3) is 0 Å². The monoisotopic (exact) mass is 564 g/mol. The molecule has 0 saturated heterocycles. The Bertz CT molecular complexity index is 1770. The Hall–Kier alpha value is -3.56. The number of carboxylic acid groups (broad SMARTS) is 4. The average Bonchev–Trinajstić information content (AvgIpc) is 2.79. The third kappa shape index (κ3) is 2.96. The fourth-order valence-electron chi connectivity index (χ4n) is 4.84. The summed E-state index contributed by atoms with van der Waals surface area (Å²) in [5.41, 5.74) is -3.89. The van der Waals surface area contributed by atoms with Crippen LogP contribution < -0.4 is 0 Å². The molecule has 0 aromatic heterocycles. The minimum atomic E-state index is -1.85. The van der Waals surface area contributed by atoms with Crippen LogP contribution >= 0.6 is 46.4 Å². The molecular formula is C24H8Cl4O8. The molecule has 4 N–H and O–H groups in total. The zero-order valence-corrected chi connectivity index (χ0v) is 20.3. The van der Waals surface area contributed by atoms with E-state index < -0.39 is 61.6 Å². The summed E-state index contributed by atoms with van der Waals surface area (Å²) in [6, 6.07) is 6.28. The summed E-state index contributed by atoms with van der Waals surface area (Å²) in [7, 11) is 0. The Morgan fingerprint density at radius 2 is 0.806 bits per heavy atom. The summed E-state index contributed by atoms with van der Waals surface area (Å²) in [6.07, 6.45) is 0. The molecule has 0 fully saturated rings. The number of hydrogen-bond donors (Lipinski definition) is 4. The number of fused-ring (bicyclic) bond motifs is 2. The molecule has 0 atom stereocenters. The first-order valence-corrected chi connectivity index (χ1v) is 11.3. The Kier molecular flexibility index (Phi) is 5.35. The molecule has 12 heteroatoms. The van der Waals surface area contributed by atoms with Crippen molar-refractivity contribution >= 4 is 113 Å². The van der Waals surface area contributed by atoms with Gasteiger partial charge in [0.05, 0.1) is 32.3 Å². The first kappa shape index (κ1) is 24.1. The van der Waals surface area contributed by atoms with Gasteiger partial charge in [-0.25, -0.2) is 19.2 Å². The first-order valence-electron chi connectivity index (χ1n) is 9.79. The smallest absolute Gasteiger partial charge is 0.338 e. The lowest BCUT2D eigenvalue weighted by Gasteiger charge is -2.23. The van der Waals surface area contributed by atoms with Gasteiger partial charge in [-0.1, -0.05) is 58.5 Å². The zero-order chi connectivity index (χ0) is 26.4. The van der Waals surface area contributed by atoms with Crippen LogP contribution in [0.2, 0.25) is 20.1 Å². The number of rotatable bonds is 4. The summed E-state index contributed by atoms with van der Waals surface area (Å²) in [4.78, 5) is 49.3. The highest BCUT2D eigenvalue weighted by Crippen LogP contribution is 2.53. The van der Waals surface area contributed by atoms with E-state index >= 15 is 0 Å². The van der Waals surface area contributed by atoms with E-state index in [0.717, 1.165) is 0 Å². The zero-order valence-electron chi connectivity index (χ0n) is 17.2. The molecule has 0 unspecified atom stereocenters. The van der Waals surface area contributed by atoms with Gasteiger partial charge >= 0.3 is 23.9 Å². The summed E-state index contributed by atoms with van der Waals surface area (Å²) in [5, 5.41) is 39.2. The van der Waals surface area contributed by atoms with Crippen LogP contribution in [0.1, 0.15) is 41.4 Å². The highest BCUT2D eigenvalue weighted by molar-refractivity contribution is 6.56. The standard InChI is InChI=1S/C24H8Cl4O8/c25-6-3-1-5-2-4-7(26)10-8(5)9(6)13-11-12(15(21(29)30)17(19(13)27)23(33)34)16(22(31)32)18(24(35)36)20(28)14(10)11/h1-4H,(H,29,30)(H,31,32)(H,33,34)(H,35,36). The van der Waals surface area contributed by atoms with Crippen LogP contribution in [0.25, 0.3) is 43.1 Å². The van der Waals surface area contributed by atoms with Crippen molar-refractivity contribution in [1.29, 1.82) is 0 Å². The maximum Gasteiger partial charge on any atom is 0.338 e. The molecule has 5 aromatic rings. The molecule has 36 heavy (non-hydrogen) atoms. The SMILES string of the molecule is O=C(O)c1c(C(=O)O)c2c(C(=O)O)c(C(=O)O)c(Cl)c3c4c(Cl)ccc5ccc(Cl)c(c(c1Cl)c23)c54. The number of carboxylic acids is 4. The van der Waals surface area contributed by atoms with Gasteiger partial charge in [-0.05, 0) is 17.5 Å². The third-order valence-electron chi connectivity index (χ3n) is 6.07. The van der Waals surface area contributed by atoms with Gasteiger partial charge in [0.2, 0.25) is 0 Å². The van der Waals surface area contributed by atoms with E-state index in [1.807, 2.05) is 0 Å². The minimum absolute atomic E-state index is 0.0783. The largest absolute Gasteiger partial charge is 0.478 e. The van der Waals surface area contributed by atoms with Crippen LogP contribution in [-0.2, 0) is 0 Å². The molecule has 0 aliphatic carbocycles. The molecule has 5 rings (SSSR count). The minimum Gasteiger partial charge on any atom is -0.478 e. The Morgan fingerprint density at radius 1 is 0.444 bits per heavy atom. The van der Waals surface area contributed by atoms with Crippen LogP contribution in [0, 0.1) is 0 Å². The van der Waals surface area contributed by atoms with Crippen molar-refractivity contribution in [2.75, 3.05) is 0 Å². The van der Waals surface area contributed by atoms with Gasteiger partial charge in [-0.15, -0.1) is 0 Å². The maximum atomic E-state index is 12.4. The second-order valence-electron chi connectivity index (χ2n) is 7.79. The molecule has 0 radical (unpaired) electrons. The van der Waals surface area contributed by atoms with Gasteiger partial charge in [0.1, 0.15) is 0 Å². The highest BCUT2D eigenvalue weighted by atomic mass is 35.5. The van der Waals surface area contributed by atoms with Crippen molar-refractivity contribution in [3.8, 4) is 0 Å². The van der Waals surface area contributed by atoms with Crippen molar-refractivity contribution in [2.24, 2.45) is 0 Å². The molecule has 0 heterocycles. The lowest BCUT2D eigenvalue weighted by atomic mass is 9.82. The molecule has 0 spiro atoms. The molecule has 8 nitrogen and oxygen atoms in total. The van der Waals surface area contributed by atoms with Gasteiger partial charge in [-0.2, -0.15) is 0 Å². The van der Waals surface area contributed by atoms with Crippen molar-refractivity contribution in [1.82, 2.24) is 0 Å². The Labute approximate surface area is 219 Å². The van der Waals surface area contributed by atoms with E-state index in [0.29, 0.717) is 10.8 Å². The van der Waals surface area contributed by atoms with E-state index in [2.05, 4.69) is 0 Å². The molecule has 0 bridgehead atoms. The Balaban J connectivity index is 2.43. The quantitative estimate of drug-likeness (QED) is 0.132. The van der Waals surface area contributed by atoms with Crippen LogP contribution in [0.5, 0.6) is 0 Å². The van der Waals surface area contributed by atoms with E-state index in [1.165, 1.54) is 12.1 Å². The lowest BCUT2D eigenvalue weighted by molar-refractivity contribution is 0.0647. The number of carbonyl (C=O) groups is 4. The van der Waals surface area contributed by atoms with Gasteiger partial charge in [-0.3, -0.25) is 0 Å². The number of benzene rings is 5. The van der Waals surface area contributed by atoms with Crippen molar-refractivity contribution in [3.05, 3.63) is 66.6 Å². The van der Waals surface area contributed by atoms with Gasteiger partial charge in [0, 0.05) is 47.7 Å². The van der Waals surface area contributed by atoms with E-state index in [1.54, 1.807) is 12.1 Å². The van der Waals surface area contributed by atoms with Crippen LogP contribution in [-0.4, -0.2) is 44.3 Å². The maximum absolute atomic E-state index is 12.4. The highest BCUT2D eigenvalue weighted by Gasteiger charge is 2.36. The molecule has 0 aliphatic heterocycles. The van der Waals surface area contributed by atoms with Crippen LogP contribution in [0.4, 0.5) is 0 Å². The van der Waals surface area contributed by atoms with E-state index in [-0.39, 0.29) is 37.0 Å². The molecule has 0 amide bonds. The molecule has 5 aromatic carbocycles. The second-order valence-corrected chi connectivity index (χ2v) is 9.36. The van der Waals surface area contributed by atoms with Crippen LogP contribution in [0.15, 0.2) is 24.3 Å². The fraction of sp³-hybridized carbons (Fsp3) is 0. The van der Waals surface area contributed by atoms with Crippen LogP contribution in [0.3, 0.4) is 0 Å². The number of halogens is 4. The third-order valence-corrected chi connectivity index (χ3v) is 7.45. The fourth-order valence-corrected chi connectivity index (χ4v) is 6.08. The van der Waals surface area contributed by atoms with E-state index in [4.69, 9.17) is 46.4 Å². The molecule has 0 aliphatic rings. The molecular weight excluding hydrogens is 558 g/mol. The van der Waals surface area contributed by atoms with Crippen molar-refractivity contribution < 1.29 is 39.6 Å². The normalized spacial score (nSPS) is 11.7. The number of aromatic carboxylic acids is 4. The predicted molar refractivity (Wildman–Crippen MR) is 136 cm³/mol. The molecule has 0 saturated carbocycles. The van der Waals surface area contributed by atoms with E-state index in [9.17, 15) is 39.6 Å². The summed E-state index contributed by atoms with van der Waals surface area (Å²) in [6.45, 7) is 0. The second kappa shape index (κ2) is 7.97. The summed E-state index contributed by atoms with van der Waals surface area (Å²) < 4.78 is 0. The number of hydrogen-bond acceptors (Lipinski definition) is 4. The first-order chi connectivity index (χ1) is 16.9. The predicted octanol–water partition coefficient (Wildman–Crippen LogP) is 7.14. The molecule has 180 valence electrons. The summed E-state index contributed by atoms with van der Waals surface area (Å²) in [5.74, 6) is -7.25. The summed E-state index contributed by atoms with van der Waals surface area (Å²) >= 11 is 26.2. The lowest BCUT2D eigenvalue weighted by Crippen LogP contribution is -2.16. The average molecular weight is 566 g/mol. The van der Waals surface area contributed by atoms with Gasteiger partial charge < -0.3 is 20.4 Å². The Morgan fingerprint density at radius 3 is 1.14 bits per heavy atom. The van der Waals surface area contributed by atoms with Gasteiger partial charge in [0.15, 0.2) is 0 Å². The van der Waals surface area contributed by atoms with Crippen molar-refractivity contribution in [3.63, 3.8) is 0 Å².